The highest BCUT2D eigenvalue weighted by Crippen LogP contribution is 2.20. The van der Waals surface area contributed by atoms with Crippen LogP contribution in [0.25, 0.3) is 0 Å². The highest BCUT2D eigenvalue weighted by molar-refractivity contribution is 5.55. The first kappa shape index (κ1) is 10.4. The molecule has 1 aliphatic heterocycles. The second-order valence-electron chi connectivity index (χ2n) is 4.45. The summed E-state index contributed by atoms with van der Waals surface area (Å²) >= 11 is 0. The van der Waals surface area contributed by atoms with Gasteiger partial charge in [-0.2, -0.15) is 0 Å². The van der Waals surface area contributed by atoms with Crippen LogP contribution < -0.4 is 0 Å². The molecule has 0 spiro atoms. The maximum atomic E-state index is 10.5. The molecule has 0 aromatic heterocycles. The third kappa shape index (κ3) is 2.10. The van der Waals surface area contributed by atoms with E-state index in [-0.39, 0.29) is 5.92 Å². The predicted octanol–water partition coefficient (Wildman–Crippen LogP) is 1.93. The van der Waals surface area contributed by atoms with E-state index in [1.165, 1.54) is 16.7 Å². The zero-order valence-corrected chi connectivity index (χ0v) is 9.36. The Kier molecular flexibility index (Phi) is 2.87. The van der Waals surface area contributed by atoms with Crippen LogP contribution in [0.15, 0.2) is 18.2 Å². The lowest BCUT2D eigenvalue weighted by Gasteiger charge is -2.36. The first-order valence-corrected chi connectivity index (χ1v) is 5.43. The van der Waals surface area contributed by atoms with E-state index >= 15 is 0 Å². The van der Waals surface area contributed by atoms with Crippen molar-refractivity contribution in [3.63, 3.8) is 0 Å². The second-order valence-corrected chi connectivity index (χ2v) is 4.45. The van der Waals surface area contributed by atoms with Crippen molar-refractivity contribution < 1.29 is 4.79 Å². The molecule has 15 heavy (non-hydrogen) atoms. The largest absolute Gasteiger partial charge is 0.303 e. The minimum absolute atomic E-state index is 0.273. The third-order valence-corrected chi connectivity index (χ3v) is 3.29. The number of hydrogen-bond donors (Lipinski definition) is 0. The molecule has 0 saturated carbocycles. The molecule has 1 saturated heterocycles. The maximum Gasteiger partial charge on any atom is 0.125 e. The van der Waals surface area contributed by atoms with E-state index in [4.69, 9.17) is 0 Å². The van der Waals surface area contributed by atoms with E-state index in [1.807, 2.05) is 0 Å². The summed E-state index contributed by atoms with van der Waals surface area (Å²) in [5.74, 6) is 0.273. The van der Waals surface area contributed by atoms with Crippen molar-refractivity contribution in [1.29, 1.82) is 0 Å². The predicted molar refractivity (Wildman–Crippen MR) is 60.7 cm³/mol. The smallest absolute Gasteiger partial charge is 0.125 e. The van der Waals surface area contributed by atoms with Crippen LogP contribution in [0, 0.1) is 19.8 Å². The molecular formula is C13H17NO. The molecule has 0 unspecified atom stereocenters. The first-order valence-electron chi connectivity index (χ1n) is 5.43. The summed E-state index contributed by atoms with van der Waals surface area (Å²) in [7, 11) is 0. The first-order chi connectivity index (χ1) is 7.20. The summed E-state index contributed by atoms with van der Waals surface area (Å²) in [5.41, 5.74) is 4.12. The Morgan fingerprint density at radius 3 is 2.80 bits per heavy atom. The summed E-state index contributed by atoms with van der Waals surface area (Å²) in [6, 6.07) is 6.42. The average Bonchev–Trinajstić information content (AvgIpc) is 2.17. The van der Waals surface area contributed by atoms with Gasteiger partial charge in [0, 0.05) is 25.6 Å². The van der Waals surface area contributed by atoms with Crippen molar-refractivity contribution in [3.05, 3.63) is 34.9 Å². The molecule has 2 nitrogen and oxygen atoms in total. The fourth-order valence-electron chi connectivity index (χ4n) is 2.05. The maximum absolute atomic E-state index is 10.5. The number of aryl methyl sites for hydroxylation is 1. The quantitative estimate of drug-likeness (QED) is 0.700. The van der Waals surface area contributed by atoms with Crippen LogP contribution in [-0.2, 0) is 11.3 Å². The Balaban J connectivity index is 2.00. The molecule has 80 valence electrons. The van der Waals surface area contributed by atoms with Crippen molar-refractivity contribution in [2.24, 2.45) is 5.92 Å². The molecule has 0 amide bonds. The van der Waals surface area contributed by atoms with Crippen LogP contribution in [-0.4, -0.2) is 24.3 Å². The van der Waals surface area contributed by atoms with Crippen molar-refractivity contribution >= 4 is 6.29 Å². The Bertz CT molecular complexity index is 367. The molecule has 0 radical (unpaired) electrons. The third-order valence-electron chi connectivity index (χ3n) is 3.29. The van der Waals surface area contributed by atoms with Gasteiger partial charge in [-0.15, -0.1) is 0 Å². The fraction of sp³-hybridized carbons (Fsp3) is 0.462. The van der Waals surface area contributed by atoms with Crippen molar-refractivity contribution in [2.75, 3.05) is 13.1 Å². The van der Waals surface area contributed by atoms with E-state index in [1.54, 1.807) is 0 Å². The highest BCUT2D eigenvalue weighted by Gasteiger charge is 2.25. The van der Waals surface area contributed by atoms with Crippen LogP contribution in [0.5, 0.6) is 0 Å². The summed E-state index contributed by atoms with van der Waals surface area (Å²) in [6.07, 6.45) is 1.07. The minimum atomic E-state index is 0.273. The summed E-state index contributed by atoms with van der Waals surface area (Å²) in [6.45, 7) is 7.15. The summed E-state index contributed by atoms with van der Waals surface area (Å²) < 4.78 is 0. The molecule has 0 N–H and O–H groups in total. The zero-order valence-electron chi connectivity index (χ0n) is 9.36. The molecule has 0 atom stereocenters. The molecule has 1 aliphatic rings. The van der Waals surface area contributed by atoms with Crippen LogP contribution >= 0.6 is 0 Å². The van der Waals surface area contributed by atoms with Gasteiger partial charge < -0.3 is 4.79 Å². The van der Waals surface area contributed by atoms with Gasteiger partial charge in [-0.3, -0.25) is 4.90 Å². The number of aldehydes is 1. The molecule has 0 bridgehead atoms. The van der Waals surface area contributed by atoms with Gasteiger partial charge >= 0.3 is 0 Å². The Morgan fingerprint density at radius 2 is 2.13 bits per heavy atom. The van der Waals surface area contributed by atoms with Gasteiger partial charge in [0.2, 0.25) is 0 Å². The van der Waals surface area contributed by atoms with Gasteiger partial charge in [0.15, 0.2) is 0 Å². The van der Waals surface area contributed by atoms with E-state index in [9.17, 15) is 4.79 Å². The SMILES string of the molecule is Cc1cccc(CN2CC(C=O)C2)c1C. The summed E-state index contributed by atoms with van der Waals surface area (Å²) in [4.78, 5) is 12.8. The van der Waals surface area contributed by atoms with E-state index < -0.39 is 0 Å². The lowest BCUT2D eigenvalue weighted by molar-refractivity contribution is -0.115. The van der Waals surface area contributed by atoms with Crippen LogP contribution in [0.2, 0.25) is 0 Å². The molecule has 1 aromatic carbocycles. The number of nitrogens with zero attached hydrogens (tertiary/aromatic N) is 1. The monoisotopic (exact) mass is 203 g/mol. The van der Waals surface area contributed by atoms with Crippen LogP contribution in [0.1, 0.15) is 16.7 Å². The Hall–Kier alpha value is -1.15. The van der Waals surface area contributed by atoms with Crippen molar-refractivity contribution in [2.45, 2.75) is 20.4 Å². The van der Waals surface area contributed by atoms with Crippen LogP contribution in [0.4, 0.5) is 0 Å². The molecule has 1 heterocycles. The van der Waals surface area contributed by atoms with Gasteiger partial charge in [-0.25, -0.2) is 0 Å². The normalized spacial score (nSPS) is 17.5. The van der Waals surface area contributed by atoms with E-state index in [2.05, 4.69) is 36.9 Å². The van der Waals surface area contributed by atoms with Gasteiger partial charge in [-0.05, 0) is 30.5 Å². The van der Waals surface area contributed by atoms with E-state index in [0.717, 1.165) is 25.9 Å². The van der Waals surface area contributed by atoms with Gasteiger partial charge in [0.25, 0.3) is 0 Å². The highest BCUT2D eigenvalue weighted by atomic mass is 16.1. The average molecular weight is 203 g/mol. The molecule has 1 aromatic rings. The lowest BCUT2D eigenvalue weighted by atomic mass is 9.98. The number of carbonyl (C=O) groups excluding carboxylic acids is 1. The van der Waals surface area contributed by atoms with Crippen LogP contribution in [0.3, 0.4) is 0 Å². The number of carbonyl (C=O) groups is 1. The van der Waals surface area contributed by atoms with Gasteiger partial charge in [-0.1, -0.05) is 18.2 Å². The lowest BCUT2D eigenvalue weighted by Crippen LogP contribution is -2.46. The fourth-order valence-corrected chi connectivity index (χ4v) is 2.05. The van der Waals surface area contributed by atoms with Gasteiger partial charge in [0.1, 0.15) is 6.29 Å². The van der Waals surface area contributed by atoms with Crippen molar-refractivity contribution in [1.82, 2.24) is 4.90 Å². The minimum Gasteiger partial charge on any atom is -0.303 e. The summed E-state index contributed by atoms with van der Waals surface area (Å²) in [5, 5.41) is 0. The topological polar surface area (TPSA) is 20.3 Å². The molecular weight excluding hydrogens is 186 g/mol. The standard InChI is InChI=1S/C13H17NO/c1-10-4-3-5-13(11(10)2)8-14-6-12(7-14)9-15/h3-5,9,12H,6-8H2,1-2H3. The van der Waals surface area contributed by atoms with Crippen molar-refractivity contribution in [3.8, 4) is 0 Å². The molecule has 2 heteroatoms. The molecule has 2 rings (SSSR count). The van der Waals surface area contributed by atoms with E-state index in [0.29, 0.717) is 0 Å². The zero-order chi connectivity index (χ0) is 10.8. The molecule has 0 aliphatic carbocycles. The van der Waals surface area contributed by atoms with Gasteiger partial charge in [0.05, 0.1) is 0 Å². The Morgan fingerprint density at radius 1 is 1.40 bits per heavy atom. The number of hydrogen-bond acceptors (Lipinski definition) is 2. The number of rotatable bonds is 3. The molecule has 1 fully saturated rings. The number of likely N-dealkylation sites (tertiary alicyclic amines) is 1. The number of benzene rings is 1. The Labute approximate surface area is 90.9 Å². The second kappa shape index (κ2) is 4.15.